The molecule has 0 N–H and O–H groups in total. The fraction of sp³-hybridized carbons (Fsp3) is 0. The molecule has 0 atom stereocenters. The third-order valence-corrected chi connectivity index (χ3v) is 5.12. The van der Waals surface area contributed by atoms with Crippen molar-refractivity contribution in [2.24, 2.45) is 0 Å². The van der Waals surface area contributed by atoms with Crippen LogP contribution >= 0.6 is 11.6 Å². The second kappa shape index (κ2) is 10.4. The van der Waals surface area contributed by atoms with E-state index in [4.69, 9.17) is 16.3 Å². The van der Waals surface area contributed by atoms with Crippen molar-refractivity contribution in [3.8, 4) is 5.75 Å². The Kier molecular flexibility index (Phi) is 6.98. The predicted molar refractivity (Wildman–Crippen MR) is 132 cm³/mol. The fourth-order valence-electron chi connectivity index (χ4n) is 3.24. The number of halogens is 1. The average molecular weight is 454 g/mol. The van der Waals surface area contributed by atoms with E-state index in [1.54, 1.807) is 48.5 Å². The molecule has 33 heavy (non-hydrogen) atoms. The Hall–Kier alpha value is -4.15. The Morgan fingerprint density at radius 3 is 1.85 bits per heavy atom. The molecule has 0 spiro atoms. The molecule has 0 aliphatic carbocycles. The minimum Gasteiger partial charge on any atom is -0.409 e. The molecule has 0 saturated carbocycles. The molecule has 1 amide bonds. The van der Waals surface area contributed by atoms with Gasteiger partial charge in [-0.15, -0.1) is 0 Å². The van der Waals surface area contributed by atoms with Crippen molar-refractivity contribution in [2.45, 2.75) is 0 Å². The molecule has 0 fully saturated rings. The highest BCUT2D eigenvalue weighted by Gasteiger charge is 2.20. The standard InChI is InChI=1S/C28H20ClNO3/c29-23-18-15-21(16-19-23)26(31)20-17-22-9-7-8-14-27(22)33-28(32)30(24-10-3-1-4-11-24)25-12-5-2-6-13-25/h1-20H. The number of carbonyl (C=O) groups excluding carboxylic acids is 2. The summed E-state index contributed by atoms with van der Waals surface area (Å²) in [5, 5.41) is 0.564. The van der Waals surface area contributed by atoms with E-state index in [2.05, 4.69) is 0 Å². The number of para-hydroxylation sites is 3. The lowest BCUT2D eigenvalue weighted by molar-refractivity contribution is 0.104. The van der Waals surface area contributed by atoms with Crippen LogP contribution in [-0.2, 0) is 0 Å². The number of rotatable bonds is 6. The van der Waals surface area contributed by atoms with E-state index in [9.17, 15) is 9.59 Å². The highest BCUT2D eigenvalue weighted by molar-refractivity contribution is 6.30. The number of anilines is 2. The van der Waals surface area contributed by atoms with E-state index in [1.807, 2.05) is 66.7 Å². The van der Waals surface area contributed by atoms with Gasteiger partial charge in [0.1, 0.15) is 5.75 Å². The molecule has 0 aromatic heterocycles. The zero-order valence-electron chi connectivity index (χ0n) is 17.6. The first-order chi connectivity index (χ1) is 16.1. The highest BCUT2D eigenvalue weighted by Crippen LogP contribution is 2.28. The van der Waals surface area contributed by atoms with Gasteiger partial charge in [0.05, 0.1) is 11.4 Å². The van der Waals surface area contributed by atoms with E-state index in [1.165, 1.54) is 11.0 Å². The second-order valence-electron chi connectivity index (χ2n) is 7.12. The van der Waals surface area contributed by atoms with E-state index in [-0.39, 0.29) is 5.78 Å². The monoisotopic (exact) mass is 453 g/mol. The number of amides is 1. The largest absolute Gasteiger partial charge is 0.424 e. The van der Waals surface area contributed by atoms with Crippen LogP contribution in [0.25, 0.3) is 6.08 Å². The Labute approximate surface area is 197 Å². The summed E-state index contributed by atoms with van der Waals surface area (Å²) in [7, 11) is 0. The van der Waals surface area contributed by atoms with Gasteiger partial charge in [-0.25, -0.2) is 9.69 Å². The van der Waals surface area contributed by atoms with Crippen molar-refractivity contribution in [1.29, 1.82) is 0 Å². The van der Waals surface area contributed by atoms with Gasteiger partial charge in [-0.05, 0) is 66.7 Å². The summed E-state index contributed by atoms with van der Waals surface area (Å²) in [6.45, 7) is 0. The number of hydrogen-bond acceptors (Lipinski definition) is 3. The smallest absolute Gasteiger partial charge is 0.409 e. The maximum Gasteiger partial charge on any atom is 0.424 e. The summed E-state index contributed by atoms with van der Waals surface area (Å²) in [5.41, 5.74) is 2.48. The Balaban J connectivity index is 1.59. The predicted octanol–water partition coefficient (Wildman–Crippen LogP) is 7.57. The lowest BCUT2D eigenvalue weighted by atomic mass is 10.1. The summed E-state index contributed by atoms with van der Waals surface area (Å²) in [6, 6.07) is 32.3. The van der Waals surface area contributed by atoms with Crippen molar-refractivity contribution in [3.05, 3.63) is 131 Å². The number of hydrogen-bond donors (Lipinski definition) is 0. The van der Waals surface area contributed by atoms with Crippen molar-refractivity contribution in [3.63, 3.8) is 0 Å². The summed E-state index contributed by atoms with van der Waals surface area (Å²) < 4.78 is 5.78. The number of nitrogens with zero attached hydrogens (tertiary/aromatic N) is 1. The van der Waals surface area contributed by atoms with E-state index >= 15 is 0 Å². The van der Waals surface area contributed by atoms with Crippen molar-refractivity contribution in [1.82, 2.24) is 0 Å². The molecule has 4 nitrogen and oxygen atoms in total. The second-order valence-corrected chi connectivity index (χ2v) is 7.55. The molecule has 0 radical (unpaired) electrons. The van der Waals surface area contributed by atoms with Gasteiger partial charge >= 0.3 is 6.09 Å². The molecule has 162 valence electrons. The molecule has 4 aromatic carbocycles. The third-order valence-electron chi connectivity index (χ3n) is 4.87. The minimum absolute atomic E-state index is 0.178. The molecule has 0 aliphatic heterocycles. The van der Waals surface area contributed by atoms with Crippen molar-refractivity contribution < 1.29 is 14.3 Å². The zero-order valence-corrected chi connectivity index (χ0v) is 18.4. The number of benzene rings is 4. The number of carbonyl (C=O) groups is 2. The summed E-state index contributed by atoms with van der Waals surface area (Å²) >= 11 is 5.89. The normalized spacial score (nSPS) is 10.7. The number of ketones is 1. The van der Waals surface area contributed by atoms with Crippen molar-refractivity contribution in [2.75, 3.05) is 4.90 Å². The molecule has 0 aliphatic rings. The van der Waals surface area contributed by atoms with Crippen LogP contribution in [0.5, 0.6) is 5.75 Å². The maximum atomic E-state index is 13.3. The first-order valence-corrected chi connectivity index (χ1v) is 10.7. The molecule has 0 saturated heterocycles. The van der Waals surface area contributed by atoms with Crippen LogP contribution in [0.4, 0.5) is 16.2 Å². The SMILES string of the molecule is O=C(C=Cc1ccccc1OC(=O)N(c1ccccc1)c1ccccc1)c1ccc(Cl)cc1. The summed E-state index contributed by atoms with van der Waals surface area (Å²) in [4.78, 5) is 27.3. The lowest BCUT2D eigenvalue weighted by Crippen LogP contribution is -2.29. The van der Waals surface area contributed by atoms with Crippen LogP contribution in [0.3, 0.4) is 0 Å². The Morgan fingerprint density at radius 1 is 0.697 bits per heavy atom. The quantitative estimate of drug-likeness (QED) is 0.223. The molecule has 0 heterocycles. The molecule has 4 rings (SSSR count). The third kappa shape index (κ3) is 5.56. The van der Waals surface area contributed by atoms with Gasteiger partial charge in [0, 0.05) is 16.1 Å². The van der Waals surface area contributed by atoms with Crippen LogP contribution in [0, 0.1) is 0 Å². The van der Waals surface area contributed by atoms with E-state index < -0.39 is 6.09 Å². The first kappa shape index (κ1) is 22.1. The average Bonchev–Trinajstić information content (AvgIpc) is 2.85. The van der Waals surface area contributed by atoms with Gasteiger partial charge in [-0.1, -0.05) is 66.2 Å². The van der Waals surface area contributed by atoms with Crippen LogP contribution in [0.2, 0.25) is 5.02 Å². The first-order valence-electron chi connectivity index (χ1n) is 10.3. The van der Waals surface area contributed by atoms with Crippen LogP contribution < -0.4 is 9.64 Å². The number of ether oxygens (including phenoxy) is 1. The zero-order chi connectivity index (χ0) is 23.0. The molecule has 0 bridgehead atoms. The van der Waals surface area contributed by atoms with Gasteiger partial charge in [0.15, 0.2) is 5.78 Å². The molecular weight excluding hydrogens is 434 g/mol. The molecule has 5 heteroatoms. The molecule has 0 unspecified atom stereocenters. The van der Waals surface area contributed by atoms with Crippen LogP contribution in [-0.4, -0.2) is 11.9 Å². The number of allylic oxidation sites excluding steroid dienone is 1. The van der Waals surface area contributed by atoms with Gasteiger partial charge in [-0.2, -0.15) is 0 Å². The molecule has 4 aromatic rings. The van der Waals surface area contributed by atoms with Crippen LogP contribution in [0.15, 0.2) is 115 Å². The van der Waals surface area contributed by atoms with Gasteiger partial charge < -0.3 is 4.74 Å². The summed E-state index contributed by atoms with van der Waals surface area (Å²) in [5.74, 6) is 0.169. The van der Waals surface area contributed by atoms with Crippen molar-refractivity contribution >= 4 is 40.9 Å². The molecular formula is C28H20ClNO3. The van der Waals surface area contributed by atoms with E-state index in [0.717, 1.165) is 0 Å². The Bertz CT molecular complexity index is 1230. The van der Waals surface area contributed by atoms with Crippen LogP contribution in [0.1, 0.15) is 15.9 Å². The fourth-order valence-corrected chi connectivity index (χ4v) is 3.37. The Morgan fingerprint density at radius 2 is 1.24 bits per heavy atom. The maximum absolute atomic E-state index is 13.3. The van der Waals surface area contributed by atoms with E-state index in [0.29, 0.717) is 33.3 Å². The summed E-state index contributed by atoms with van der Waals surface area (Å²) in [6.07, 6.45) is 2.52. The topological polar surface area (TPSA) is 46.6 Å². The minimum atomic E-state index is -0.558. The lowest BCUT2D eigenvalue weighted by Gasteiger charge is -2.22. The highest BCUT2D eigenvalue weighted by atomic mass is 35.5. The van der Waals surface area contributed by atoms with Gasteiger partial charge in [0.25, 0.3) is 0 Å². The van der Waals surface area contributed by atoms with Gasteiger partial charge in [0.2, 0.25) is 0 Å². The van der Waals surface area contributed by atoms with Gasteiger partial charge in [-0.3, -0.25) is 4.79 Å².